The van der Waals surface area contributed by atoms with Crippen molar-refractivity contribution in [3.8, 4) is 0 Å². The van der Waals surface area contributed by atoms with Crippen LogP contribution in [0.1, 0.15) is 5.69 Å². The zero-order valence-electron chi connectivity index (χ0n) is 7.55. The summed E-state index contributed by atoms with van der Waals surface area (Å²) < 4.78 is 5.14. The molecule has 0 radical (unpaired) electrons. The van der Waals surface area contributed by atoms with E-state index in [1.807, 2.05) is 0 Å². The molecule has 2 rings (SSSR count). The Bertz CT molecular complexity index is 287. The summed E-state index contributed by atoms with van der Waals surface area (Å²) in [5, 5.41) is 17.6. The van der Waals surface area contributed by atoms with Gasteiger partial charge < -0.3 is 9.84 Å². The smallest absolute Gasteiger partial charge is 0.0831 e. The average Bonchev–Trinajstić information content (AvgIpc) is 2.64. The first kappa shape index (κ1) is 8.65. The third-order valence-corrected chi connectivity index (χ3v) is 2.28. The summed E-state index contributed by atoms with van der Waals surface area (Å²) in [6, 6.07) is 0. The summed E-state index contributed by atoms with van der Waals surface area (Å²) in [5.41, 5.74) is 0.914. The first-order chi connectivity index (χ1) is 6.25. The minimum absolute atomic E-state index is 0.177. The molecule has 1 N–H and O–H groups in total. The number of aliphatic hydroxyl groups excluding tert-OH is 1. The zero-order chi connectivity index (χ0) is 9.26. The molecule has 13 heavy (non-hydrogen) atoms. The Morgan fingerprint density at radius 3 is 3.08 bits per heavy atom. The van der Waals surface area contributed by atoms with Gasteiger partial charge in [-0.2, -0.15) is 15.0 Å². The Kier molecular flexibility index (Phi) is 2.28. The quantitative estimate of drug-likeness (QED) is 0.663. The first-order valence-electron chi connectivity index (χ1n) is 4.36. The molecule has 1 fully saturated rings. The van der Waals surface area contributed by atoms with Gasteiger partial charge in [0.2, 0.25) is 0 Å². The maximum absolute atomic E-state index is 9.48. The summed E-state index contributed by atoms with van der Waals surface area (Å²) in [6.45, 7) is 1.07. The number of nitrogens with zero attached hydrogens (tertiary/aromatic N) is 3. The summed E-state index contributed by atoms with van der Waals surface area (Å²) >= 11 is 0. The predicted molar refractivity (Wildman–Crippen MR) is 45.0 cm³/mol. The van der Waals surface area contributed by atoms with E-state index in [1.165, 1.54) is 4.80 Å². The fourth-order valence-corrected chi connectivity index (χ4v) is 1.53. The Labute approximate surface area is 76.3 Å². The van der Waals surface area contributed by atoms with E-state index in [4.69, 9.17) is 4.74 Å². The van der Waals surface area contributed by atoms with Crippen LogP contribution in [-0.4, -0.2) is 39.4 Å². The summed E-state index contributed by atoms with van der Waals surface area (Å²) in [5.74, 6) is 0.177. The van der Waals surface area contributed by atoms with Gasteiger partial charge in [0, 0.05) is 19.4 Å². The molecule has 5 nitrogen and oxygen atoms in total. The second kappa shape index (κ2) is 3.43. The van der Waals surface area contributed by atoms with Crippen molar-refractivity contribution >= 4 is 0 Å². The minimum atomic E-state index is -0.345. The molecule has 0 bridgehead atoms. The standard InChI is InChI=1S/C8H13N3O2/c1-11-9-3-7(10-11)2-6-4-13-5-8(6)12/h3,6,8,12H,2,4-5H2,1H3/t6-,8-/m1/s1. The molecule has 1 saturated heterocycles. The van der Waals surface area contributed by atoms with E-state index in [1.54, 1.807) is 13.2 Å². The molecule has 2 atom stereocenters. The lowest BCUT2D eigenvalue weighted by atomic mass is 10.0. The van der Waals surface area contributed by atoms with Crippen molar-refractivity contribution < 1.29 is 9.84 Å². The van der Waals surface area contributed by atoms with E-state index in [9.17, 15) is 5.11 Å². The molecule has 5 heteroatoms. The second-order valence-electron chi connectivity index (χ2n) is 3.39. The maximum Gasteiger partial charge on any atom is 0.0831 e. The normalized spacial score (nSPS) is 28.2. The van der Waals surface area contributed by atoms with E-state index in [0.29, 0.717) is 13.2 Å². The highest BCUT2D eigenvalue weighted by molar-refractivity contribution is 4.95. The molecular weight excluding hydrogens is 170 g/mol. The van der Waals surface area contributed by atoms with Crippen molar-refractivity contribution in [2.45, 2.75) is 12.5 Å². The highest BCUT2D eigenvalue weighted by Gasteiger charge is 2.26. The topological polar surface area (TPSA) is 60.2 Å². The molecular formula is C8H13N3O2. The van der Waals surface area contributed by atoms with Crippen molar-refractivity contribution in [2.75, 3.05) is 13.2 Å². The van der Waals surface area contributed by atoms with Gasteiger partial charge in [0.1, 0.15) is 0 Å². The molecule has 0 unspecified atom stereocenters. The van der Waals surface area contributed by atoms with E-state index >= 15 is 0 Å². The fourth-order valence-electron chi connectivity index (χ4n) is 1.53. The van der Waals surface area contributed by atoms with Crippen molar-refractivity contribution in [3.05, 3.63) is 11.9 Å². The lowest BCUT2D eigenvalue weighted by molar-refractivity contribution is 0.118. The van der Waals surface area contributed by atoms with Crippen molar-refractivity contribution in [2.24, 2.45) is 13.0 Å². The van der Waals surface area contributed by atoms with Crippen LogP contribution in [0.25, 0.3) is 0 Å². The third-order valence-electron chi connectivity index (χ3n) is 2.28. The molecule has 0 aliphatic carbocycles. The van der Waals surface area contributed by atoms with Crippen LogP contribution < -0.4 is 0 Å². The Morgan fingerprint density at radius 2 is 2.54 bits per heavy atom. The predicted octanol–water partition coefficient (Wildman–Crippen LogP) is -0.635. The number of rotatable bonds is 2. The van der Waals surface area contributed by atoms with Crippen molar-refractivity contribution in [3.63, 3.8) is 0 Å². The minimum Gasteiger partial charge on any atom is -0.390 e. The monoisotopic (exact) mass is 183 g/mol. The van der Waals surface area contributed by atoms with E-state index in [0.717, 1.165) is 12.1 Å². The van der Waals surface area contributed by atoms with Crippen LogP contribution in [-0.2, 0) is 18.2 Å². The van der Waals surface area contributed by atoms with Crippen LogP contribution in [0.15, 0.2) is 6.20 Å². The van der Waals surface area contributed by atoms with Gasteiger partial charge in [-0.1, -0.05) is 0 Å². The van der Waals surface area contributed by atoms with Gasteiger partial charge in [-0.3, -0.25) is 0 Å². The molecule has 0 saturated carbocycles. The number of hydrogen-bond acceptors (Lipinski definition) is 4. The second-order valence-corrected chi connectivity index (χ2v) is 3.39. The van der Waals surface area contributed by atoms with Gasteiger partial charge in [0.05, 0.1) is 31.2 Å². The van der Waals surface area contributed by atoms with Gasteiger partial charge in [0.25, 0.3) is 0 Å². The summed E-state index contributed by atoms with van der Waals surface area (Å²) in [7, 11) is 1.78. The van der Waals surface area contributed by atoms with Crippen LogP contribution in [0, 0.1) is 5.92 Å². The molecule has 2 heterocycles. The van der Waals surface area contributed by atoms with Crippen LogP contribution in [0.4, 0.5) is 0 Å². The van der Waals surface area contributed by atoms with Gasteiger partial charge in [0.15, 0.2) is 0 Å². The fraction of sp³-hybridized carbons (Fsp3) is 0.750. The van der Waals surface area contributed by atoms with Gasteiger partial charge >= 0.3 is 0 Å². The van der Waals surface area contributed by atoms with Crippen LogP contribution in [0.3, 0.4) is 0 Å². The summed E-state index contributed by atoms with van der Waals surface area (Å²) in [6.07, 6.45) is 2.13. The van der Waals surface area contributed by atoms with Crippen molar-refractivity contribution in [1.29, 1.82) is 0 Å². The molecule has 1 aliphatic heterocycles. The Morgan fingerprint density at radius 1 is 1.69 bits per heavy atom. The number of aliphatic hydroxyl groups is 1. The number of aromatic nitrogens is 3. The lowest BCUT2D eigenvalue weighted by Crippen LogP contribution is -2.20. The highest BCUT2D eigenvalue weighted by atomic mass is 16.5. The van der Waals surface area contributed by atoms with Gasteiger partial charge in [-0.05, 0) is 0 Å². The molecule has 72 valence electrons. The molecule has 0 aromatic carbocycles. The first-order valence-corrected chi connectivity index (χ1v) is 4.36. The zero-order valence-corrected chi connectivity index (χ0v) is 7.55. The third kappa shape index (κ3) is 1.87. The van der Waals surface area contributed by atoms with E-state index in [2.05, 4.69) is 10.2 Å². The largest absolute Gasteiger partial charge is 0.390 e. The molecule has 0 amide bonds. The van der Waals surface area contributed by atoms with Crippen molar-refractivity contribution in [1.82, 2.24) is 15.0 Å². The van der Waals surface area contributed by atoms with Gasteiger partial charge in [-0.25, -0.2) is 0 Å². The summed E-state index contributed by atoms with van der Waals surface area (Å²) in [4.78, 5) is 1.53. The molecule has 1 aliphatic rings. The van der Waals surface area contributed by atoms with Crippen LogP contribution >= 0.6 is 0 Å². The van der Waals surface area contributed by atoms with E-state index < -0.39 is 0 Å². The molecule has 1 aromatic rings. The number of hydrogen-bond donors (Lipinski definition) is 1. The average molecular weight is 183 g/mol. The van der Waals surface area contributed by atoms with E-state index in [-0.39, 0.29) is 12.0 Å². The van der Waals surface area contributed by atoms with Crippen LogP contribution in [0.5, 0.6) is 0 Å². The number of ether oxygens (including phenoxy) is 1. The lowest BCUT2D eigenvalue weighted by Gasteiger charge is -2.08. The molecule has 1 aromatic heterocycles. The SMILES string of the molecule is Cn1ncc(C[C@@H]2COC[C@H]2O)n1. The van der Waals surface area contributed by atoms with Crippen LogP contribution in [0.2, 0.25) is 0 Å². The maximum atomic E-state index is 9.48. The highest BCUT2D eigenvalue weighted by Crippen LogP contribution is 2.17. The Hall–Kier alpha value is -0.940. The molecule has 0 spiro atoms. The Balaban J connectivity index is 1.97. The number of aryl methyl sites for hydroxylation is 1. The van der Waals surface area contributed by atoms with Gasteiger partial charge in [-0.15, -0.1) is 0 Å².